The van der Waals surface area contributed by atoms with Crippen LogP contribution in [0, 0.1) is 43.6 Å². The summed E-state index contributed by atoms with van der Waals surface area (Å²) in [4.78, 5) is 16.2. The van der Waals surface area contributed by atoms with Gasteiger partial charge in [0.15, 0.2) is 5.78 Å². The van der Waals surface area contributed by atoms with Gasteiger partial charge in [-0.1, -0.05) is 72.2 Å². The van der Waals surface area contributed by atoms with Crippen LogP contribution in [-0.4, -0.2) is 15.9 Å². The van der Waals surface area contributed by atoms with Crippen molar-refractivity contribution in [2.45, 2.75) is 86.0 Å². The summed E-state index contributed by atoms with van der Waals surface area (Å²) < 4.78 is 0. The maximum atomic E-state index is 11.2. The van der Waals surface area contributed by atoms with E-state index in [4.69, 9.17) is 4.98 Å². The molecule has 3 atom stereocenters. The van der Waals surface area contributed by atoms with Crippen molar-refractivity contribution in [3.63, 3.8) is 0 Å². The van der Waals surface area contributed by atoms with E-state index < -0.39 is 0 Å². The van der Waals surface area contributed by atoms with Crippen LogP contribution in [0.4, 0.5) is 0 Å². The number of para-hydroxylation sites is 1. The zero-order chi connectivity index (χ0) is 27.4. The van der Waals surface area contributed by atoms with Crippen LogP contribution in [0.1, 0.15) is 88.8 Å². The number of aliphatic hydroxyl groups excluding tert-OH is 1. The molecule has 0 spiro atoms. The number of nitrogens with zero attached hydrogens (tertiary/aromatic N) is 1. The van der Waals surface area contributed by atoms with Gasteiger partial charge in [0, 0.05) is 44.4 Å². The summed E-state index contributed by atoms with van der Waals surface area (Å²) in [7, 11) is 0. The molecule has 1 radical (unpaired) electrons. The van der Waals surface area contributed by atoms with Gasteiger partial charge in [-0.15, -0.1) is 34.9 Å². The quantitative estimate of drug-likeness (QED) is 0.152. The summed E-state index contributed by atoms with van der Waals surface area (Å²) in [6.45, 7) is 12.3. The molecular formula is C35H44IrNO2-. The van der Waals surface area contributed by atoms with Crippen molar-refractivity contribution in [3.8, 4) is 11.3 Å². The van der Waals surface area contributed by atoms with Gasteiger partial charge in [-0.25, -0.2) is 0 Å². The molecule has 0 saturated heterocycles. The summed E-state index contributed by atoms with van der Waals surface area (Å²) in [6, 6.07) is 19.0. The van der Waals surface area contributed by atoms with Gasteiger partial charge in [0.2, 0.25) is 0 Å². The molecule has 0 amide bonds. The third-order valence-corrected chi connectivity index (χ3v) is 7.86. The second kappa shape index (κ2) is 13.9. The standard InChI is InChI=1S/C24H24N.C11H20O2.Ir/c1-15-9-16(2)11-19(10-15)24-14-22(20-5-3-4-6-23(20)25-24)21-13-17-7-8-18(21)12-17;1-8(2)5-10(12)7-11(13)6-9(3)4;/h3-6,9-10,14,17-18,21H,7-8,12-13H2,1-2H3;7-9,12H,5-6H2,1-4H3;/q-1;;/b;10-7-;. The first-order valence-electron chi connectivity index (χ1n) is 14.4. The Morgan fingerprint density at radius 3 is 2.36 bits per heavy atom. The van der Waals surface area contributed by atoms with Crippen LogP contribution in [0.3, 0.4) is 0 Å². The Morgan fingerprint density at radius 2 is 1.74 bits per heavy atom. The van der Waals surface area contributed by atoms with Crippen molar-refractivity contribution >= 4 is 16.7 Å². The van der Waals surface area contributed by atoms with Crippen LogP contribution in [0.5, 0.6) is 0 Å². The Kier molecular flexibility index (Phi) is 11.1. The molecule has 2 fully saturated rings. The van der Waals surface area contributed by atoms with E-state index in [9.17, 15) is 9.90 Å². The van der Waals surface area contributed by atoms with E-state index in [0.29, 0.717) is 24.7 Å². The number of pyridine rings is 1. The first-order chi connectivity index (χ1) is 18.1. The molecule has 3 aromatic rings. The van der Waals surface area contributed by atoms with Crippen molar-refractivity contribution in [1.82, 2.24) is 4.98 Å². The molecule has 1 aromatic heterocycles. The Bertz CT molecular complexity index is 1290. The van der Waals surface area contributed by atoms with Crippen LogP contribution >= 0.6 is 0 Å². The molecule has 2 aromatic carbocycles. The van der Waals surface area contributed by atoms with E-state index in [1.54, 1.807) is 0 Å². The number of aryl methyl sites for hydroxylation is 2. The second-order valence-electron chi connectivity index (χ2n) is 12.4. The zero-order valence-electron chi connectivity index (χ0n) is 24.4. The van der Waals surface area contributed by atoms with E-state index in [2.05, 4.69) is 62.4 Å². The van der Waals surface area contributed by atoms with Crippen LogP contribution < -0.4 is 0 Å². The summed E-state index contributed by atoms with van der Waals surface area (Å²) in [5.74, 6) is 3.54. The fourth-order valence-electron chi connectivity index (χ4n) is 6.43. The maximum absolute atomic E-state index is 11.2. The van der Waals surface area contributed by atoms with Crippen LogP contribution in [0.15, 0.2) is 54.3 Å². The van der Waals surface area contributed by atoms with Gasteiger partial charge in [-0.05, 0) is 66.2 Å². The molecule has 1 heterocycles. The molecule has 211 valence electrons. The van der Waals surface area contributed by atoms with E-state index in [0.717, 1.165) is 34.5 Å². The first-order valence-corrected chi connectivity index (χ1v) is 14.4. The zero-order valence-corrected chi connectivity index (χ0v) is 26.8. The largest absolute Gasteiger partial charge is 0.512 e. The fourth-order valence-corrected chi connectivity index (χ4v) is 6.43. The van der Waals surface area contributed by atoms with E-state index in [1.165, 1.54) is 53.8 Å². The van der Waals surface area contributed by atoms with E-state index >= 15 is 0 Å². The van der Waals surface area contributed by atoms with Crippen molar-refractivity contribution < 1.29 is 30.0 Å². The average Bonchev–Trinajstić information content (AvgIpc) is 3.46. The molecule has 2 bridgehead atoms. The van der Waals surface area contributed by atoms with Crippen molar-refractivity contribution in [3.05, 3.63) is 77.1 Å². The Labute approximate surface area is 248 Å². The molecule has 2 saturated carbocycles. The number of fused-ring (bicyclic) bond motifs is 3. The summed E-state index contributed by atoms with van der Waals surface area (Å²) in [5, 5.41) is 10.7. The number of carbonyl (C=O) groups is 1. The number of carbonyl (C=O) groups excluding carboxylic acids is 1. The summed E-state index contributed by atoms with van der Waals surface area (Å²) >= 11 is 0. The molecule has 3 nitrogen and oxygen atoms in total. The van der Waals surface area contributed by atoms with Gasteiger partial charge in [-0.3, -0.25) is 9.78 Å². The van der Waals surface area contributed by atoms with Crippen LogP contribution in [0.25, 0.3) is 22.2 Å². The molecule has 3 unspecified atom stereocenters. The minimum atomic E-state index is 0. The van der Waals surface area contributed by atoms with Gasteiger partial charge in [0.1, 0.15) is 0 Å². The van der Waals surface area contributed by atoms with Gasteiger partial charge < -0.3 is 5.11 Å². The number of hydrogen-bond donors (Lipinski definition) is 1. The predicted octanol–water partition coefficient (Wildman–Crippen LogP) is 9.31. The topological polar surface area (TPSA) is 50.2 Å². The minimum Gasteiger partial charge on any atom is -0.512 e. The number of ketones is 1. The maximum Gasteiger partial charge on any atom is 0.159 e. The Balaban J connectivity index is 0.000000260. The smallest absolute Gasteiger partial charge is 0.159 e. The molecule has 0 aliphatic heterocycles. The monoisotopic (exact) mass is 703 g/mol. The van der Waals surface area contributed by atoms with Gasteiger partial charge in [0.25, 0.3) is 0 Å². The van der Waals surface area contributed by atoms with Gasteiger partial charge >= 0.3 is 0 Å². The third kappa shape index (κ3) is 8.35. The molecule has 1 N–H and O–H groups in total. The number of aromatic nitrogens is 1. The number of rotatable bonds is 7. The number of hydrogen-bond acceptors (Lipinski definition) is 3. The summed E-state index contributed by atoms with van der Waals surface area (Å²) in [6.07, 6.45) is 8.13. The Hall–Kier alpha value is -2.29. The molecular weight excluding hydrogens is 659 g/mol. The van der Waals surface area contributed by atoms with Crippen LogP contribution in [-0.2, 0) is 24.9 Å². The molecule has 5 rings (SSSR count). The first kappa shape index (κ1) is 31.2. The number of allylic oxidation sites excluding steroid dienone is 2. The molecule has 4 heteroatoms. The molecule has 2 aliphatic rings. The van der Waals surface area contributed by atoms with Crippen molar-refractivity contribution in [2.24, 2.45) is 23.7 Å². The molecule has 39 heavy (non-hydrogen) atoms. The molecule has 2 aliphatic carbocycles. The predicted molar refractivity (Wildman–Crippen MR) is 158 cm³/mol. The second-order valence-corrected chi connectivity index (χ2v) is 12.4. The van der Waals surface area contributed by atoms with Gasteiger partial charge in [-0.2, -0.15) is 0 Å². The Morgan fingerprint density at radius 1 is 1.03 bits per heavy atom. The minimum absolute atomic E-state index is 0. The third-order valence-electron chi connectivity index (χ3n) is 7.86. The SMILES string of the molecule is CC(C)CC(=O)/C=C(\O)CC(C)C.Cc1[c-]c(-c2cc(C3CC4CCC3C4)c3ccccc3n2)cc(C)c1.[Ir]. The van der Waals surface area contributed by atoms with Crippen molar-refractivity contribution in [2.75, 3.05) is 0 Å². The van der Waals surface area contributed by atoms with E-state index in [-0.39, 0.29) is 31.6 Å². The number of aliphatic hydroxyl groups is 1. The number of benzene rings is 2. The van der Waals surface area contributed by atoms with Gasteiger partial charge in [0.05, 0.1) is 11.3 Å². The normalized spacial score (nSPS) is 20.2. The van der Waals surface area contributed by atoms with E-state index in [1.807, 2.05) is 27.7 Å². The summed E-state index contributed by atoms with van der Waals surface area (Å²) in [5.41, 5.74) is 7.34. The van der Waals surface area contributed by atoms with Crippen LogP contribution in [0.2, 0.25) is 0 Å². The van der Waals surface area contributed by atoms with Crippen molar-refractivity contribution in [1.29, 1.82) is 0 Å². The fraction of sp³-hybridized carbons (Fsp3) is 0.486. The average molecular weight is 703 g/mol.